The lowest BCUT2D eigenvalue weighted by atomic mass is 10.0. The van der Waals surface area contributed by atoms with Crippen LogP contribution in [0.5, 0.6) is 5.75 Å². The van der Waals surface area contributed by atoms with E-state index in [1.807, 2.05) is 32.9 Å². The molecule has 0 spiro atoms. The highest BCUT2D eigenvalue weighted by atomic mass is 16.5. The molecule has 0 saturated carbocycles. The first-order valence-corrected chi connectivity index (χ1v) is 7.23. The number of allylic oxidation sites excluding steroid dienone is 1. The van der Waals surface area contributed by atoms with Crippen LogP contribution < -0.4 is 4.74 Å². The van der Waals surface area contributed by atoms with Crippen molar-refractivity contribution in [3.8, 4) is 5.75 Å². The standard InChI is InChI=1S/C15H18O3.C2H6/c1-11-8-9-14(13(10-11)15(16)17-2)18-12-6-4-3-5-7-12;1-2/h4,6,8-10,12H,3,5,7H2,1-2H3;1-2H3/t12-;/m0./s1. The Labute approximate surface area is 121 Å². The fraction of sp³-hybridized carbons (Fsp3) is 0.471. The van der Waals surface area contributed by atoms with Crippen molar-refractivity contribution in [2.24, 2.45) is 0 Å². The Hall–Kier alpha value is -1.77. The summed E-state index contributed by atoms with van der Waals surface area (Å²) < 4.78 is 10.7. The van der Waals surface area contributed by atoms with Crippen LogP contribution >= 0.6 is 0 Å². The summed E-state index contributed by atoms with van der Waals surface area (Å²) in [7, 11) is 1.38. The van der Waals surface area contributed by atoms with Crippen LogP contribution in [0, 0.1) is 6.92 Å². The molecule has 20 heavy (non-hydrogen) atoms. The Balaban J connectivity index is 0.000000956. The number of benzene rings is 1. The van der Waals surface area contributed by atoms with Gasteiger partial charge in [0, 0.05) is 0 Å². The van der Waals surface area contributed by atoms with E-state index in [9.17, 15) is 4.79 Å². The fourth-order valence-electron chi connectivity index (χ4n) is 2.06. The summed E-state index contributed by atoms with van der Waals surface area (Å²) in [6, 6.07) is 5.58. The van der Waals surface area contributed by atoms with E-state index in [-0.39, 0.29) is 12.1 Å². The molecule has 0 unspecified atom stereocenters. The number of hydrogen-bond acceptors (Lipinski definition) is 3. The molecule has 3 nitrogen and oxygen atoms in total. The summed E-state index contributed by atoms with van der Waals surface area (Å²) in [6.07, 6.45) is 7.47. The average molecular weight is 276 g/mol. The van der Waals surface area contributed by atoms with Crippen LogP contribution in [0.2, 0.25) is 0 Å². The minimum Gasteiger partial charge on any atom is -0.485 e. The third kappa shape index (κ3) is 4.41. The number of esters is 1. The molecule has 3 heteroatoms. The molecule has 0 aliphatic heterocycles. The van der Waals surface area contributed by atoms with Crippen LogP contribution in [0.1, 0.15) is 49.0 Å². The molecule has 0 radical (unpaired) electrons. The van der Waals surface area contributed by atoms with Crippen LogP contribution in [0.15, 0.2) is 30.4 Å². The molecule has 1 aliphatic rings. The maximum Gasteiger partial charge on any atom is 0.341 e. The highest BCUT2D eigenvalue weighted by Gasteiger charge is 2.17. The number of carbonyl (C=O) groups excluding carboxylic acids is 1. The van der Waals surface area contributed by atoms with Gasteiger partial charge >= 0.3 is 5.97 Å². The van der Waals surface area contributed by atoms with Gasteiger partial charge in [0.05, 0.1) is 7.11 Å². The predicted molar refractivity (Wildman–Crippen MR) is 81.3 cm³/mol. The van der Waals surface area contributed by atoms with E-state index in [1.54, 1.807) is 6.07 Å². The molecule has 110 valence electrons. The lowest BCUT2D eigenvalue weighted by molar-refractivity contribution is 0.0594. The first-order valence-electron chi connectivity index (χ1n) is 7.23. The van der Waals surface area contributed by atoms with Gasteiger partial charge in [-0.15, -0.1) is 0 Å². The largest absolute Gasteiger partial charge is 0.485 e. The molecule has 0 saturated heterocycles. The quantitative estimate of drug-likeness (QED) is 0.610. The van der Waals surface area contributed by atoms with Gasteiger partial charge < -0.3 is 9.47 Å². The minimum absolute atomic E-state index is 0.0601. The van der Waals surface area contributed by atoms with Crippen LogP contribution in [-0.2, 0) is 4.74 Å². The molecule has 0 N–H and O–H groups in total. The molecular formula is C17H24O3. The summed E-state index contributed by atoms with van der Waals surface area (Å²) in [4.78, 5) is 11.7. The van der Waals surface area contributed by atoms with Gasteiger partial charge in [-0.2, -0.15) is 0 Å². The van der Waals surface area contributed by atoms with Gasteiger partial charge in [-0.3, -0.25) is 0 Å². The van der Waals surface area contributed by atoms with Crippen LogP contribution in [0.3, 0.4) is 0 Å². The van der Waals surface area contributed by atoms with Crippen molar-refractivity contribution >= 4 is 5.97 Å². The molecule has 1 atom stereocenters. The third-order valence-corrected chi connectivity index (χ3v) is 3.03. The van der Waals surface area contributed by atoms with Crippen LogP contribution in [0.25, 0.3) is 0 Å². The van der Waals surface area contributed by atoms with E-state index in [4.69, 9.17) is 9.47 Å². The van der Waals surface area contributed by atoms with Gasteiger partial charge in [0.25, 0.3) is 0 Å². The average Bonchev–Trinajstić information content (AvgIpc) is 2.51. The Morgan fingerprint density at radius 2 is 2.05 bits per heavy atom. The highest BCUT2D eigenvalue weighted by molar-refractivity contribution is 5.92. The van der Waals surface area contributed by atoms with Crippen molar-refractivity contribution in [2.75, 3.05) is 7.11 Å². The van der Waals surface area contributed by atoms with Gasteiger partial charge in [0.1, 0.15) is 17.4 Å². The Kier molecular flexibility index (Phi) is 6.85. The van der Waals surface area contributed by atoms with Crippen molar-refractivity contribution in [3.05, 3.63) is 41.5 Å². The number of methoxy groups -OCH3 is 1. The molecule has 0 bridgehead atoms. The summed E-state index contributed by atoms with van der Waals surface area (Å²) in [5.41, 5.74) is 1.51. The number of rotatable bonds is 3. The Morgan fingerprint density at radius 1 is 1.30 bits per heavy atom. The third-order valence-electron chi connectivity index (χ3n) is 3.03. The van der Waals surface area contributed by atoms with E-state index >= 15 is 0 Å². The SMILES string of the molecule is CC.COC(=O)c1cc(C)ccc1O[C@H]1C=CCCC1. The molecule has 0 aromatic heterocycles. The number of ether oxygens (including phenoxy) is 2. The second-order valence-electron chi connectivity index (χ2n) is 4.51. The van der Waals surface area contributed by atoms with Crippen molar-refractivity contribution in [1.82, 2.24) is 0 Å². The monoisotopic (exact) mass is 276 g/mol. The van der Waals surface area contributed by atoms with Crippen LogP contribution in [-0.4, -0.2) is 19.2 Å². The van der Waals surface area contributed by atoms with Gasteiger partial charge in [0.15, 0.2) is 0 Å². The molecule has 1 aromatic rings. The van der Waals surface area contributed by atoms with E-state index in [0.29, 0.717) is 11.3 Å². The zero-order chi connectivity index (χ0) is 15.0. The highest BCUT2D eigenvalue weighted by Crippen LogP contribution is 2.24. The van der Waals surface area contributed by atoms with Crippen molar-refractivity contribution in [1.29, 1.82) is 0 Å². The van der Waals surface area contributed by atoms with Gasteiger partial charge in [-0.05, 0) is 44.4 Å². The van der Waals surface area contributed by atoms with Crippen molar-refractivity contribution in [3.63, 3.8) is 0 Å². The lowest BCUT2D eigenvalue weighted by Crippen LogP contribution is -2.17. The molecule has 0 fully saturated rings. The first kappa shape index (κ1) is 16.3. The normalized spacial score (nSPS) is 16.9. The summed E-state index contributed by atoms with van der Waals surface area (Å²) in [6.45, 7) is 5.94. The lowest BCUT2D eigenvalue weighted by Gasteiger charge is -2.20. The first-order chi connectivity index (χ1) is 9.70. The van der Waals surface area contributed by atoms with Crippen molar-refractivity contribution in [2.45, 2.75) is 46.1 Å². The Bertz CT molecular complexity index is 463. The zero-order valence-electron chi connectivity index (χ0n) is 12.8. The van der Waals surface area contributed by atoms with E-state index < -0.39 is 0 Å². The smallest absolute Gasteiger partial charge is 0.341 e. The molecule has 0 heterocycles. The molecule has 1 aliphatic carbocycles. The van der Waals surface area contributed by atoms with E-state index in [0.717, 1.165) is 24.8 Å². The molecule has 2 rings (SSSR count). The molecule has 0 amide bonds. The predicted octanol–water partition coefficient (Wildman–Crippen LogP) is 4.30. The van der Waals surface area contributed by atoms with Gasteiger partial charge in [-0.25, -0.2) is 4.79 Å². The fourth-order valence-corrected chi connectivity index (χ4v) is 2.06. The molecular weight excluding hydrogens is 252 g/mol. The van der Waals surface area contributed by atoms with E-state index in [1.165, 1.54) is 7.11 Å². The van der Waals surface area contributed by atoms with Crippen LogP contribution in [0.4, 0.5) is 0 Å². The van der Waals surface area contributed by atoms with Gasteiger partial charge in [0.2, 0.25) is 0 Å². The number of hydrogen-bond donors (Lipinski definition) is 0. The maximum absolute atomic E-state index is 11.7. The van der Waals surface area contributed by atoms with Gasteiger partial charge in [-0.1, -0.05) is 31.6 Å². The second kappa shape index (κ2) is 8.41. The maximum atomic E-state index is 11.7. The number of aryl methyl sites for hydroxylation is 1. The summed E-state index contributed by atoms with van der Waals surface area (Å²) in [5, 5.41) is 0. The zero-order valence-corrected chi connectivity index (χ0v) is 12.8. The summed E-state index contributed by atoms with van der Waals surface area (Å²) >= 11 is 0. The topological polar surface area (TPSA) is 35.5 Å². The van der Waals surface area contributed by atoms with Crippen molar-refractivity contribution < 1.29 is 14.3 Å². The Morgan fingerprint density at radius 3 is 2.65 bits per heavy atom. The molecule has 1 aromatic carbocycles. The number of carbonyl (C=O) groups is 1. The minimum atomic E-state index is -0.353. The van der Waals surface area contributed by atoms with E-state index in [2.05, 4.69) is 12.2 Å². The second-order valence-corrected chi connectivity index (χ2v) is 4.51. The summed E-state index contributed by atoms with van der Waals surface area (Å²) in [5.74, 6) is 0.248.